The van der Waals surface area contributed by atoms with Gasteiger partial charge in [-0.3, -0.25) is 4.99 Å². The molecule has 0 bridgehead atoms. The van der Waals surface area contributed by atoms with Gasteiger partial charge >= 0.3 is 0 Å². The summed E-state index contributed by atoms with van der Waals surface area (Å²) >= 11 is 1.53. The third-order valence-electron chi connectivity index (χ3n) is 3.91. The number of aryl methyl sites for hydroxylation is 1. The lowest BCUT2D eigenvalue weighted by Crippen LogP contribution is -2.13. The Bertz CT molecular complexity index is 922. The number of thiazole rings is 1. The van der Waals surface area contributed by atoms with E-state index in [1.807, 2.05) is 23.0 Å². The highest BCUT2D eigenvalue weighted by Gasteiger charge is 2.08. The molecule has 0 radical (unpaired) electrons. The second-order valence-electron chi connectivity index (χ2n) is 5.77. The molecule has 0 N–H and O–H groups in total. The molecule has 3 aromatic rings. The molecule has 0 aliphatic carbocycles. The van der Waals surface area contributed by atoms with Crippen LogP contribution in [0.4, 0.5) is 4.39 Å². The van der Waals surface area contributed by atoms with E-state index in [4.69, 9.17) is 5.10 Å². The van der Waals surface area contributed by atoms with E-state index < -0.39 is 0 Å². The van der Waals surface area contributed by atoms with Crippen LogP contribution >= 0.6 is 11.3 Å². The topological polar surface area (TPSA) is 29.6 Å². The smallest absolute Gasteiger partial charge is 0.205 e. The van der Waals surface area contributed by atoms with Crippen molar-refractivity contribution in [1.82, 2.24) is 4.68 Å². The van der Waals surface area contributed by atoms with Crippen LogP contribution in [0.2, 0.25) is 0 Å². The van der Waals surface area contributed by atoms with Crippen LogP contribution in [0.15, 0.2) is 70.1 Å². The van der Waals surface area contributed by atoms with E-state index in [-0.39, 0.29) is 5.82 Å². The van der Waals surface area contributed by atoms with Gasteiger partial charge in [-0.2, -0.15) is 5.10 Å². The SMILES string of the molecule is CN=c1scc(-c2ccc(F)cc2)n1N=C(C)CCc1ccccc1. The van der Waals surface area contributed by atoms with Crippen molar-refractivity contribution in [1.29, 1.82) is 0 Å². The third-order valence-corrected chi connectivity index (χ3v) is 4.81. The predicted molar refractivity (Wildman–Crippen MR) is 102 cm³/mol. The maximum atomic E-state index is 13.2. The molecule has 128 valence electrons. The monoisotopic (exact) mass is 353 g/mol. The lowest BCUT2D eigenvalue weighted by Gasteiger charge is -2.06. The van der Waals surface area contributed by atoms with Crippen molar-refractivity contribution >= 4 is 17.0 Å². The van der Waals surface area contributed by atoms with Crippen LogP contribution < -0.4 is 4.80 Å². The molecule has 3 rings (SSSR count). The molecule has 0 aliphatic heterocycles. The molecule has 1 heterocycles. The second-order valence-corrected chi connectivity index (χ2v) is 6.60. The number of halogens is 1. The van der Waals surface area contributed by atoms with E-state index in [1.165, 1.54) is 29.0 Å². The van der Waals surface area contributed by atoms with Crippen molar-refractivity contribution in [2.24, 2.45) is 10.1 Å². The summed E-state index contributed by atoms with van der Waals surface area (Å²) in [5.41, 5.74) is 4.17. The van der Waals surface area contributed by atoms with Gasteiger partial charge in [0.15, 0.2) is 0 Å². The Hall–Kier alpha value is -2.53. The molecule has 0 fully saturated rings. The Morgan fingerprint density at radius 1 is 1.08 bits per heavy atom. The number of benzene rings is 2. The normalized spacial score (nSPS) is 12.6. The predicted octanol–water partition coefficient (Wildman–Crippen LogP) is 4.74. The summed E-state index contributed by atoms with van der Waals surface area (Å²) in [5, 5.41) is 6.76. The summed E-state index contributed by atoms with van der Waals surface area (Å²) in [6.45, 7) is 2.03. The Morgan fingerprint density at radius 2 is 1.80 bits per heavy atom. The van der Waals surface area contributed by atoms with E-state index in [9.17, 15) is 4.39 Å². The molecular formula is C20H20FN3S. The van der Waals surface area contributed by atoms with Gasteiger partial charge in [0.2, 0.25) is 4.80 Å². The van der Waals surface area contributed by atoms with Crippen LogP contribution in [0.1, 0.15) is 18.9 Å². The van der Waals surface area contributed by atoms with Gasteiger partial charge in [0.25, 0.3) is 0 Å². The van der Waals surface area contributed by atoms with Crippen molar-refractivity contribution in [2.45, 2.75) is 19.8 Å². The molecule has 3 nitrogen and oxygen atoms in total. The van der Waals surface area contributed by atoms with Gasteiger partial charge in [0, 0.05) is 23.7 Å². The minimum absolute atomic E-state index is 0.242. The van der Waals surface area contributed by atoms with Gasteiger partial charge in [0.05, 0.1) is 5.69 Å². The van der Waals surface area contributed by atoms with E-state index in [1.54, 1.807) is 19.2 Å². The number of rotatable bonds is 5. The van der Waals surface area contributed by atoms with Crippen LogP contribution in [0.5, 0.6) is 0 Å². The maximum Gasteiger partial charge on any atom is 0.205 e. The van der Waals surface area contributed by atoms with E-state index >= 15 is 0 Å². The van der Waals surface area contributed by atoms with Crippen LogP contribution in [0, 0.1) is 5.82 Å². The van der Waals surface area contributed by atoms with Crippen molar-refractivity contribution < 1.29 is 4.39 Å². The molecule has 0 atom stereocenters. The van der Waals surface area contributed by atoms with Crippen molar-refractivity contribution in [3.63, 3.8) is 0 Å². The molecular weight excluding hydrogens is 333 g/mol. The molecule has 1 aromatic heterocycles. The van der Waals surface area contributed by atoms with Gasteiger partial charge in [-0.1, -0.05) is 30.3 Å². The number of nitrogens with zero attached hydrogens (tertiary/aromatic N) is 3. The maximum absolute atomic E-state index is 13.2. The summed E-state index contributed by atoms with van der Waals surface area (Å²) in [4.78, 5) is 5.12. The van der Waals surface area contributed by atoms with E-state index in [0.717, 1.165) is 34.6 Å². The van der Waals surface area contributed by atoms with Gasteiger partial charge in [-0.15, -0.1) is 11.3 Å². The lowest BCUT2D eigenvalue weighted by molar-refractivity contribution is 0.628. The van der Waals surface area contributed by atoms with Crippen LogP contribution in [0.25, 0.3) is 11.3 Å². The van der Waals surface area contributed by atoms with Gasteiger partial charge < -0.3 is 0 Å². The Kier molecular flexibility index (Phi) is 5.56. The summed E-state index contributed by atoms with van der Waals surface area (Å²) in [6.07, 6.45) is 1.82. The van der Waals surface area contributed by atoms with E-state index in [2.05, 4.69) is 29.3 Å². The minimum Gasteiger partial charge on any atom is -0.261 e. The summed E-state index contributed by atoms with van der Waals surface area (Å²) < 4.78 is 15.0. The summed E-state index contributed by atoms with van der Waals surface area (Å²) in [5.74, 6) is -0.242. The highest BCUT2D eigenvalue weighted by molar-refractivity contribution is 7.07. The van der Waals surface area contributed by atoms with Gasteiger partial charge in [-0.05, 0) is 49.6 Å². The molecule has 5 heteroatoms. The number of aromatic nitrogens is 1. The van der Waals surface area contributed by atoms with Crippen LogP contribution in [-0.2, 0) is 6.42 Å². The molecule has 0 aliphatic rings. The number of hydrogen-bond acceptors (Lipinski definition) is 3. The Labute approximate surface area is 150 Å². The highest BCUT2D eigenvalue weighted by atomic mass is 32.1. The fourth-order valence-corrected chi connectivity index (χ4v) is 3.35. The van der Waals surface area contributed by atoms with Gasteiger partial charge in [0.1, 0.15) is 5.82 Å². The molecule has 0 spiro atoms. The first-order valence-corrected chi connectivity index (χ1v) is 9.03. The van der Waals surface area contributed by atoms with Crippen molar-refractivity contribution in [3.05, 3.63) is 76.2 Å². The first-order valence-electron chi connectivity index (χ1n) is 8.15. The standard InChI is InChI=1S/C20H20FN3S/c1-15(8-9-16-6-4-3-5-7-16)23-24-19(14-25-20(24)22-2)17-10-12-18(21)13-11-17/h3-7,10-14H,8-9H2,1-2H3. The minimum atomic E-state index is -0.242. The molecule has 0 unspecified atom stereocenters. The largest absolute Gasteiger partial charge is 0.261 e. The fourth-order valence-electron chi connectivity index (χ4n) is 2.56. The zero-order chi connectivity index (χ0) is 17.6. The van der Waals surface area contributed by atoms with Crippen LogP contribution in [0.3, 0.4) is 0 Å². The second kappa shape index (κ2) is 8.03. The molecule has 0 amide bonds. The quantitative estimate of drug-likeness (QED) is 0.593. The molecule has 25 heavy (non-hydrogen) atoms. The molecule has 0 saturated heterocycles. The average Bonchev–Trinajstić information content (AvgIpc) is 3.04. The summed E-state index contributed by atoms with van der Waals surface area (Å²) in [7, 11) is 1.76. The van der Waals surface area contributed by atoms with Crippen molar-refractivity contribution in [2.75, 3.05) is 7.05 Å². The van der Waals surface area contributed by atoms with Gasteiger partial charge in [-0.25, -0.2) is 9.07 Å². The van der Waals surface area contributed by atoms with Crippen molar-refractivity contribution in [3.8, 4) is 11.3 Å². The third kappa shape index (κ3) is 4.31. The Morgan fingerprint density at radius 3 is 2.48 bits per heavy atom. The molecule has 0 saturated carbocycles. The zero-order valence-corrected chi connectivity index (χ0v) is 15.1. The first kappa shape index (κ1) is 17.3. The fraction of sp³-hybridized carbons (Fsp3) is 0.200. The highest BCUT2D eigenvalue weighted by Crippen LogP contribution is 2.20. The lowest BCUT2D eigenvalue weighted by atomic mass is 10.1. The Balaban J connectivity index is 1.88. The van der Waals surface area contributed by atoms with E-state index in [0.29, 0.717) is 0 Å². The molecule has 2 aromatic carbocycles. The average molecular weight is 353 g/mol. The zero-order valence-electron chi connectivity index (χ0n) is 14.3. The first-order chi connectivity index (χ1) is 12.2. The van der Waals surface area contributed by atoms with Crippen LogP contribution in [-0.4, -0.2) is 17.4 Å². The summed E-state index contributed by atoms with van der Waals surface area (Å²) in [6, 6.07) is 16.8. The number of hydrogen-bond donors (Lipinski definition) is 0.